The molecule has 1 saturated heterocycles. The van der Waals surface area contributed by atoms with Crippen molar-refractivity contribution in [3.63, 3.8) is 0 Å². The number of pyridine rings is 1. The fourth-order valence-electron chi connectivity index (χ4n) is 3.01. The third-order valence-corrected chi connectivity index (χ3v) is 5.02. The SMILES string of the molecule is O=C(NCC1CCN(C(=O)COc2ccccc2)CC1)c1cncc(Br)c1. The summed E-state index contributed by atoms with van der Waals surface area (Å²) in [5, 5.41) is 2.96. The molecule has 142 valence electrons. The predicted octanol–water partition coefficient (Wildman–Crippen LogP) is 2.89. The van der Waals surface area contributed by atoms with Crippen LogP contribution in [0, 0.1) is 5.92 Å². The van der Waals surface area contributed by atoms with Crippen LogP contribution in [0.4, 0.5) is 0 Å². The molecular formula is C20H22BrN3O3. The second-order valence-electron chi connectivity index (χ2n) is 6.53. The van der Waals surface area contributed by atoms with Crippen molar-refractivity contribution in [3.8, 4) is 5.75 Å². The summed E-state index contributed by atoms with van der Waals surface area (Å²) in [6.07, 6.45) is 4.93. The fourth-order valence-corrected chi connectivity index (χ4v) is 3.38. The molecule has 7 heteroatoms. The number of likely N-dealkylation sites (tertiary alicyclic amines) is 1. The van der Waals surface area contributed by atoms with Crippen molar-refractivity contribution in [1.29, 1.82) is 0 Å². The molecule has 1 N–H and O–H groups in total. The topological polar surface area (TPSA) is 71.5 Å². The maximum atomic E-state index is 12.3. The number of amides is 2. The molecule has 6 nitrogen and oxygen atoms in total. The molecule has 0 spiro atoms. The number of piperidine rings is 1. The highest BCUT2D eigenvalue weighted by molar-refractivity contribution is 9.10. The van der Waals surface area contributed by atoms with Gasteiger partial charge in [-0.3, -0.25) is 14.6 Å². The van der Waals surface area contributed by atoms with Crippen LogP contribution in [0.15, 0.2) is 53.3 Å². The molecular weight excluding hydrogens is 410 g/mol. The lowest BCUT2D eigenvalue weighted by molar-refractivity contribution is -0.134. The molecule has 2 amide bonds. The van der Waals surface area contributed by atoms with E-state index in [1.165, 1.54) is 0 Å². The van der Waals surface area contributed by atoms with E-state index in [-0.39, 0.29) is 18.4 Å². The van der Waals surface area contributed by atoms with E-state index in [9.17, 15) is 9.59 Å². The van der Waals surface area contributed by atoms with E-state index in [0.717, 1.165) is 17.3 Å². The van der Waals surface area contributed by atoms with Gasteiger partial charge in [-0.05, 0) is 52.9 Å². The predicted molar refractivity (Wildman–Crippen MR) is 106 cm³/mol. The number of nitrogens with zero attached hydrogens (tertiary/aromatic N) is 2. The van der Waals surface area contributed by atoms with Gasteiger partial charge < -0.3 is 15.0 Å². The number of para-hydroxylation sites is 1. The number of benzene rings is 1. The van der Waals surface area contributed by atoms with Crippen molar-refractivity contribution in [1.82, 2.24) is 15.2 Å². The van der Waals surface area contributed by atoms with Gasteiger partial charge in [0.2, 0.25) is 0 Å². The highest BCUT2D eigenvalue weighted by Crippen LogP contribution is 2.17. The van der Waals surface area contributed by atoms with Gasteiger partial charge >= 0.3 is 0 Å². The Labute approximate surface area is 167 Å². The number of hydrogen-bond acceptors (Lipinski definition) is 4. The minimum atomic E-state index is -0.126. The summed E-state index contributed by atoms with van der Waals surface area (Å²) in [7, 11) is 0. The minimum absolute atomic E-state index is 0.00143. The Balaban J connectivity index is 1.38. The quantitative estimate of drug-likeness (QED) is 0.762. The molecule has 27 heavy (non-hydrogen) atoms. The third-order valence-electron chi connectivity index (χ3n) is 4.59. The maximum absolute atomic E-state index is 12.3. The van der Waals surface area contributed by atoms with Crippen LogP contribution in [0.2, 0.25) is 0 Å². The number of hydrogen-bond donors (Lipinski definition) is 1. The van der Waals surface area contributed by atoms with Crippen LogP contribution in [-0.2, 0) is 4.79 Å². The Kier molecular flexibility index (Phi) is 6.81. The van der Waals surface area contributed by atoms with Crippen LogP contribution in [-0.4, -0.2) is 47.9 Å². The van der Waals surface area contributed by atoms with Crippen molar-refractivity contribution in [2.45, 2.75) is 12.8 Å². The number of carbonyl (C=O) groups is 2. The van der Waals surface area contributed by atoms with Crippen LogP contribution >= 0.6 is 15.9 Å². The third kappa shape index (κ3) is 5.79. The lowest BCUT2D eigenvalue weighted by Crippen LogP contribution is -2.43. The van der Waals surface area contributed by atoms with Crippen LogP contribution in [0.25, 0.3) is 0 Å². The number of ether oxygens (including phenoxy) is 1. The molecule has 1 aromatic heterocycles. The van der Waals surface area contributed by atoms with Gasteiger partial charge in [0.15, 0.2) is 6.61 Å². The van der Waals surface area contributed by atoms with E-state index < -0.39 is 0 Å². The van der Waals surface area contributed by atoms with Crippen molar-refractivity contribution in [2.75, 3.05) is 26.2 Å². The molecule has 2 heterocycles. The number of rotatable bonds is 6. The van der Waals surface area contributed by atoms with Crippen molar-refractivity contribution in [3.05, 3.63) is 58.8 Å². The Morgan fingerprint density at radius 1 is 1.19 bits per heavy atom. The van der Waals surface area contributed by atoms with Crippen LogP contribution in [0.5, 0.6) is 5.75 Å². The molecule has 0 bridgehead atoms. The average molecular weight is 432 g/mol. The first-order chi connectivity index (χ1) is 13.1. The summed E-state index contributed by atoms with van der Waals surface area (Å²) >= 11 is 3.32. The van der Waals surface area contributed by atoms with Gasteiger partial charge in [0.25, 0.3) is 11.8 Å². The second-order valence-corrected chi connectivity index (χ2v) is 7.44. The lowest BCUT2D eigenvalue weighted by atomic mass is 9.96. The normalized spacial score (nSPS) is 14.6. The van der Waals surface area contributed by atoms with Gasteiger partial charge in [0, 0.05) is 36.5 Å². The molecule has 3 rings (SSSR count). The van der Waals surface area contributed by atoms with Crippen molar-refractivity contribution >= 4 is 27.7 Å². The van der Waals surface area contributed by atoms with Crippen LogP contribution < -0.4 is 10.1 Å². The van der Waals surface area contributed by atoms with Gasteiger partial charge in [-0.1, -0.05) is 18.2 Å². The Morgan fingerprint density at radius 2 is 1.93 bits per heavy atom. The minimum Gasteiger partial charge on any atom is -0.484 e. The average Bonchev–Trinajstić information content (AvgIpc) is 2.71. The van der Waals surface area contributed by atoms with E-state index in [1.807, 2.05) is 35.2 Å². The maximum Gasteiger partial charge on any atom is 0.260 e. The molecule has 1 fully saturated rings. The first kappa shape index (κ1) is 19.4. The smallest absolute Gasteiger partial charge is 0.260 e. The Bertz CT molecular complexity index is 777. The zero-order valence-electron chi connectivity index (χ0n) is 14.9. The van der Waals surface area contributed by atoms with E-state index in [4.69, 9.17) is 4.74 Å². The zero-order chi connectivity index (χ0) is 19.1. The molecule has 1 aliphatic rings. The molecule has 0 unspecified atom stereocenters. The van der Waals surface area contributed by atoms with Crippen LogP contribution in [0.1, 0.15) is 23.2 Å². The van der Waals surface area contributed by atoms with Crippen molar-refractivity contribution < 1.29 is 14.3 Å². The van der Waals surface area contributed by atoms with E-state index in [0.29, 0.717) is 36.9 Å². The molecule has 0 radical (unpaired) electrons. The van der Waals surface area contributed by atoms with E-state index in [2.05, 4.69) is 26.2 Å². The zero-order valence-corrected chi connectivity index (χ0v) is 16.5. The van der Waals surface area contributed by atoms with Crippen LogP contribution in [0.3, 0.4) is 0 Å². The molecule has 0 atom stereocenters. The molecule has 1 aliphatic heterocycles. The number of nitrogens with one attached hydrogen (secondary N) is 1. The summed E-state index contributed by atoms with van der Waals surface area (Å²) in [5.74, 6) is 0.943. The van der Waals surface area contributed by atoms with Gasteiger partial charge in [0.1, 0.15) is 5.75 Å². The summed E-state index contributed by atoms with van der Waals surface area (Å²) in [6, 6.07) is 11.1. The molecule has 2 aromatic rings. The van der Waals surface area contributed by atoms with Gasteiger partial charge in [-0.2, -0.15) is 0 Å². The van der Waals surface area contributed by atoms with Gasteiger partial charge in [-0.15, -0.1) is 0 Å². The van der Waals surface area contributed by atoms with E-state index >= 15 is 0 Å². The first-order valence-electron chi connectivity index (χ1n) is 8.96. The highest BCUT2D eigenvalue weighted by atomic mass is 79.9. The fraction of sp³-hybridized carbons (Fsp3) is 0.350. The van der Waals surface area contributed by atoms with Gasteiger partial charge in [0.05, 0.1) is 5.56 Å². The number of carbonyl (C=O) groups excluding carboxylic acids is 2. The molecule has 1 aromatic carbocycles. The summed E-state index contributed by atoms with van der Waals surface area (Å²) in [5.41, 5.74) is 0.537. The standard InChI is InChI=1S/C20H22BrN3O3/c21-17-10-16(12-22-13-17)20(26)23-11-15-6-8-24(9-7-15)19(25)14-27-18-4-2-1-3-5-18/h1-5,10,12-13,15H,6-9,11,14H2,(H,23,26). The monoisotopic (exact) mass is 431 g/mol. The lowest BCUT2D eigenvalue weighted by Gasteiger charge is -2.32. The summed E-state index contributed by atoms with van der Waals surface area (Å²) in [6.45, 7) is 2.04. The summed E-state index contributed by atoms with van der Waals surface area (Å²) in [4.78, 5) is 30.3. The first-order valence-corrected chi connectivity index (χ1v) is 9.75. The second kappa shape index (κ2) is 9.50. The van der Waals surface area contributed by atoms with E-state index in [1.54, 1.807) is 18.5 Å². The number of aromatic nitrogens is 1. The molecule has 0 aliphatic carbocycles. The van der Waals surface area contributed by atoms with Gasteiger partial charge in [-0.25, -0.2) is 0 Å². The number of halogens is 1. The molecule has 0 saturated carbocycles. The Hall–Kier alpha value is -2.41. The highest BCUT2D eigenvalue weighted by Gasteiger charge is 2.23. The Morgan fingerprint density at radius 3 is 2.63 bits per heavy atom. The van der Waals surface area contributed by atoms with Crippen molar-refractivity contribution in [2.24, 2.45) is 5.92 Å². The largest absolute Gasteiger partial charge is 0.484 e. The summed E-state index contributed by atoms with van der Waals surface area (Å²) < 4.78 is 6.30.